The summed E-state index contributed by atoms with van der Waals surface area (Å²) in [4.78, 5) is 11.9. The first kappa shape index (κ1) is 8.78. The number of likely N-dealkylation sites (N-methyl/N-ethyl adjacent to an activating group) is 1. The number of hydrogen-bond acceptors (Lipinski definition) is 1. The maximum absolute atomic E-state index is 10.3. The lowest BCUT2D eigenvalue weighted by Crippen LogP contribution is -2.18. The summed E-state index contributed by atoms with van der Waals surface area (Å²) in [5.74, 6) is 0. The van der Waals surface area contributed by atoms with Crippen molar-refractivity contribution >= 4 is 6.41 Å². The van der Waals surface area contributed by atoms with Crippen molar-refractivity contribution in [1.82, 2.24) is 4.90 Å². The van der Waals surface area contributed by atoms with Gasteiger partial charge in [0, 0.05) is 13.6 Å². The fourth-order valence-electron chi connectivity index (χ4n) is 1.00. The summed E-state index contributed by atoms with van der Waals surface area (Å²) in [6.07, 6.45) is 1.78. The van der Waals surface area contributed by atoms with Crippen molar-refractivity contribution in [1.29, 1.82) is 0 Å². The zero-order valence-corrected chi connectivity index (χ0v) is 7.23. The van der Waals surface area contributed by atoms with Gasteiger partial charge in [0.15, 0.2) is 0 Å². The SMILES string of the molecule is CN(C=O)CCc1ccccc1. The highest BCUT2D eigenvalue weighted by Gasteiger charge is 1.94. The van der Waals surface area contributed by atoms with Crippen LogP contribution in [-0.4, -0.2) is 24.9 Å². The third-order valence-corrected chi connectivity index (χ3v) is 1.78. The standard InChI is InChI=1S/C10H13NO/c1-11(9-12)8-7-10-5-3-2-4-6-10/h2-6,9H,7-8H2,1H3. The van der Waals surface area contributed by atoms with Gasteiger partial charge in [-0.15, -0.1) is 0 Å². The van der Waals surface area contributed by atoms with Crippen LogP contribution in [0.3, 0.4) is 0 Å². The van der Waals surface area contributed by atoms with Crippen molar-refractivity contribution in [2.24, 2.45) is 0 Å². The maximum atomic E-state index is 10.3. The summed E-state index contributed by atoms with van der Waals surface area (Å²) in [6, 6.07) is 10.1. The van der Waals surface area contributed by atoms with Gasteiger partial charge in [-0.1, -0.05) is 30.3 Å². The van der Waals surface area contributed by atoms with E-state index in [-0.39, 0.29) is 0 Å². The van der Waals surface area contributed by atoms with E-state index in [9.17, 15) is 4.79 Å². The molecular formula is C10H13NO. The molecule has 0 atom stereocenters. The highest BCUT2D eigenvalue weighted by molar-refractivity contribution is 5.46. The number of rotatable bonds is 4. The first-order valence-electron chi connectivity index (χ1n) is 4.02. The Morgan fingerprint density at radius 1 is 1.33 bits per heavy atom. The van der Waals surface area contributed by atoms with Gasteiger partial charge >= 0.3 is 0 Å². The van der Waals surface area contributed by atoms with E-state index in [0.29, 0.717) is 0 Å². The van der Waals surface area contributed by atoms with Gasteiger partial charge in [0.1, 0.15) is 0 Å². The van der Waals surface area contributed by atoms with Crippen LogP contribution in [0.4, 0.5) is 0 Å². The predicted octanol–water partition coefficient (Wildman–Crippen LogP) is 1.32. The largest absolute Gasteiger partial charge is 0.348 e. The molecule has 0 saturated heterocycles. The van der Waals surface area contributed by atoms with Crippen LogP contribution in [0, 0.1) is 0 Å². The van der Waals surface area contributed by atoms with E-state index in [2.05, 4.69) is 12.1 Å². The summed E-state index contributed by atoms with van der Waals surface area (Å²) in [7, 11) is 1.79. The Kier molecular flexibility index (Phi) is 3.33. The van der Waals surface area contributed by atoms with Crippen molar-refractivity contribution in [2.45, 2.75) is 6.42 Å². The number of hydrogen-bond donors (Lipinski definition) is 0. The van der Waals surface area contributed by atoms with Gasteiger partial charge in [-0.2, -0.15) is 0 Å². The van der Waals surface area contributed by atoms with Crippen molar-refractivity contribution < 1.29 is 4.79 Å². The minimum Gasteiger partial charge on any atom is -0.348 e. The highest BCUT2D eigenvalue weighted by atomic mass is 16.1. The molecule has 0 fully saturated rings. The Morgan fingerprint density at radius 2 is 2.00 bits per heavy atom. The molecule has 2 nitrogen and oxygen atoms in total. The molecule has 0 N–H and O–H groups in total. The maximum Gasteiger partial charge on any atom is 0.209 e. The molecular weight excluding hydrogens is 150 g/mol. The summed E-state index contributed by atoms with van der Waals surface area (Å²) < 4.78 is 0. The molecule has 1 amide bonds. The molecule has 0 aliphatic heterocycles. The average molecular weight is 163 g/mol. The van der Waals surface area contributed by atoms with Crippen molar-refractivity contribution in [3.05, 3.63) is 35.9 Å². The van der Waals surface area contributed by atoms with E-state index in [1.165, 1.54) is 5.56 Å². The normalized spacial score (nSPS) is 9.42. The summed E-state index contributed by atoms with van der Waals surface area (Å²) in [6.45, 7) is 0.785. The van der Waals surface area contributed by atoms with E-state index in [1.807, 2.05) is 18.2 Å². The Hall–Kier alpha value is -1.31. The molecule has 0 aliphatic rings. The van der Waals surface area contributed by atoms with Gasteiger partial charge in [0.2, 0.25) is 6.41 Å². The first-order chi connectivity index (χ1) is 5.83. The number of amides is 1. The smallest absolute Gasteiger partial charge is 0.209 e. The lowest BCUT2D eigenvalue weighted by atomic mass is 10.1. The van der Waals surface area contributed by atoms with E-state index in [0.717, 1.165) is 19.4 Å². The molecule has 0 heterocycles. The molecule has 1 aromatic carbocycles. The Labute approximate surface area is 72.8 Å². The second-order valence-electron chi connectivity index (χ2n) is 2.82. The molecule has 1 aromatic rings. The van der Waals surface area contributed by atoms with Crippen LogP contribution in [0.25, 0.3) is 0 Å². The van der Waals surface area contributed by atoms with Gasteiger partial charge in [0.05, 0.1) is 0 Å². The van der Waals surface area contributed by atoms with Gasteiger partial charge in [-0.05, 0) is 12.0 Å². The Bertz CT molecular complexity index is 233. The van der Waals surface area contributed by atoms with Crippen LogP contribution >= 0.6 is 0 Å². The van der Waals surface area contributed by atoms with Crippen LogP contribution in [0.1, 0.15) is 5.56 Å². The average Bonchev–Trinajstić information content (AvgIpc) is 2.16. The zero-order chi connectivity index (χ0) is 8.81. The van der Waals surface area contributed by atoms with Gasteiger partial charge < -0.3 is 4.90 Å². The summed E-state index contributed by atoms with van der Waals surface area (Å²) in [5.41, 5.74) is 1.27. The quantitative estimate of drug-likeness (QED) is 0.613. The molecule has 0 spiro atoms. The lowest BCUT2D eigenvalue weighted by Gasteiger charge is -2.09. The van der Waals surface area contributed by atoms with E-state index >= 15 is 0 Å². The summed E-state index contributed by atoms with van der Waals surface area (Å²) >= 11 is 0. The molecule has 0 radical (unpaired) electrons. The number of carbonyl (C=O) groups is 1. The second-order valence-corrected chi connectivity index (χ2v) is 2.82. The van der Waals surface area contributed by atoms with Crippen LogP contribution in [0.15, 0.2) is 30.3 Å². The topological polar surface area (TPSA) is 20.3 Å². The van der Waals surface area contributed by atoms with E-state index in [1.54, 1.807) is 11.9 Å². The van der Waals surface area contributed by atoms with Crippen molar-refractivity contribution in [3.8, 4) is 0 Å². The molecule has 0 unspecified atom stereocenters. The highest BCUT2D eigenvalue weighted by Crippen LogP contribution is 1.99. The molecule has 64 valence electrons. The summed E-state index contributed by atoms with van der Waals surface area (Å²) in [5, 5.41) is 0. The molecule has 2 heteroatoms. The molecule has 0 saturated carbocycles. The molecule has 1 rings (SSSR count). The number of nitrogens with zero attached hydrogens (tertiary/aromatic N) is 1. The van der Waals surface area contributed by atoms with E-state index in [4.69, 9.17) is 0 Å². The van der Waals surface area contributed by atoms with Crippen LogP contribution < -0.4 is 0 Å². The molecule has 12 heavy (non-hydrogen) atoms. The predicted molar refractivity (Wildman–Crippen MR) is 48.8 cm³/mol. The third-order valence-electron chi connectivity index (χ3n) is 1.78. The van der Waals surface area contributed by atoms with Gasteiger partial charge in [-0.3, -0.25) is 4.79 Å². The lowest BCUT2D eigenvalue weighted by molar-refractivity contribution is -0.116. The zero-order valence-electron chi connectivity index (χ0n) is 7.23. The fraction of sp³-hybridized carbons (Fsp3) is 0.300. The number of carbonyl (C=O) groups excluding carboxylic acids is 1. The van der Waals surface area contributed by atoms with Gasteiger partial charge in [0.25, 0.3) is 0 Å². The minimum absolute atomic E-state index is 0.785. The monoisotopic (exact) mass is 163 g/mol. The third kappa shape index (κ3) is 2.74. The Morgan fingerprint density at radius 3 is 2.58 bits per heavy atom. The fourth-order valence-corrected chi connectivity index (χ4v) is 1.00. The molecule has 0 bridgehead atoms. The van der Waals surface area contributed by atoms with Crippen molar-refractivity contribution in [3.63, 3.8) is 0 Å². The van der Waals surface area contributed by atoms with E-state index < -0.39 is 0 Å². The van der Waals surface area contributed by atoms with Gasteiger partial charge in [-0.25, -0.2) is 0 Å². The first-order valence-corrected chi connectivity index (χ1v) is 4.02. The van der Waals surface area contributed by atoms with Crippen LogP contribution in [0.5, 0.6) is 0 Å². The molecule has 0 aromatic heterocycles. The Balaban J connectivity index is 2.38. The minimum atomic E-state index is 0.785. The molecule has 0 aliphatic carbocycles. The van der Waals surface area contributed by atoms with Crippen LogP contribution in [0.2, 0.25) is 0 Å². The number of benzene rings is 1. The van der Waals surface area contributed by atoms with Crippen molar-refractivity contribution in [2.75, 3.05) is 13.6 Å². The van der Waals surface area contributed by atoms with Crippen LogP contribution in [-0.2, 0) is 11.2 Å². The second kappa shape index (κ2) is 4.54.